The molecule has 0 amide bonds. The lowest BCUT2D eigenvalue weighted by atomic mass is 9.96. The normalized spacial score (nSPS) is 16.9. The molecule has 0 unspecified atom stereocenters. The van der Waals surface area contributed by atoms with Crippen molar-refractivity contribution in [1.29, 1.82) is 0 Å². The lowest BCUT2D eigenvalue weighted by molar-refractivity contribution is 0.193. The van der Waals surface area contributed by atoms with Crippen LogP contribution in [-0.4, -0.2) is 28.2 Å². The SMILES string of the molecule is Cc1ccc(-c2nnc(C3CCN(Cc4ccsc4)CC3)o2)s1. The summed E-state index contributed by atoms with van der Waals surface area (Å²) in [6, 6.07) is 6.36. The minimum absolute atomic E-state index is 0.399. The fraction of sp³-hybridized carbons (Fsp3) is 0.412. The van der Waals surface area contributed by atoms with Gasteiger partial charge in [0.25, 0.3) is 5.89 Å². The van der Waals surface area contributed by atoms with Gasteiger partial charge in [-0.3, -0.25) is 4.90 Å². The molecule has 1 aliphatic rings. The predicted octanol–water partition coefficient (Wildman–Crippen LogP) is 4.55. The van der Waals surface area contributed by atoms with Crippen LogP contribution in [0, 0.1) is 6.92 Å². The van der Waals surface area contributed by atoms with Crippen LogP contribution < -0.4 is 0 Å². The molecule has 120 valence electrons. The first kappa shape index (κ1) is 15.1. The number of likely N-dealkylation sites (tertiary alicyclic amines) is 1. The Morgan fingerprint density at radius 2 is 2.09 bits per heavy atom. The maximum absolute atomic E-state index is 5.93. The van der Waals surface area contributed by atoms with Gasteiger partial charge >= 0.3 is 0 Å². The molecule has 3 aromatic heterocycles. The molecule has 0 aliphatic carbocycles. The van der Waals surface area contributed by atoms with Crippen molar-refractivity contribution in [2.24, 2.45) is 0 Å². The van der Waals surface area contributed by atoms with Crippen molar-refractivity contribution in [1.82, 2.24) is 15.1 Å². The van der Waals surface area contributed by atoms with Crippen molar-refractivity contribution in [3.63, 3.8) is 0 Å². The van der Waals surface area contributed by atoms with Crippen LogP contribution in [-0.2, 0) is 6.54 Å². The summed E-state index contributed by atoms with van der Waals surface area (Å²) >= 11 is 3.47. The summed E-state index contributed by atoms with van der Waals surface area (Å²) in [6.07, 6.45) is 2.18. The molecular weight excluding hydrogens is 326 g/mol. The van der Waals surface area contributed by atoms with Crippen LogP contribution in [0.5, 0.6) is 0 Å². The second-order valence-corrected chi connectivity index (χ2v) is 8.11. The van der Waals surface area contributed by atoms with Crippen LogP contribution in [0.3, 0.4) is 0 Å². The zero-order valence-corrected chi connectivity index (χ0v) is 14.7. The Kier molecular flexibility index (Phi) is 4.29. The summed E-state index contributed by atoms with van der Waals surface area (Å²) in [5.74, 6) is 1.87. The van der Waals surface area contributed by atoms with Gasteiger partial charge in [0, 0.05) is 17.3 Å². The van der Waals surface area contributed by atoms with Gasteiger partial charge in [0.15, 0.2) is 0 Å². The average Bonchev–Trinajstić information content (AvgIpc) is 3.29. The molecule has 0 spiro atoms. The van der Waals surface area contributed by atoms with Crippen molar-refractivity contribution in [3.8, 4) is 10.8 Å². The van der Waals surface area contributed by atoms with Crippen LogP contribution in [0.2, 0.25) is 0 Å². The third-order valence-electron chi connectivity index (χ3n) is 4.31. The van der Waals surface area contributed by atoms with Gasteiger partial charge in [-0.25, -0.2) is 0 Å². The maximum Gasteiger partial charge on any atom is 0.257 e. The topological polar surface area (TPSA) is 42.2 Å². The van der Waals surface area contributed by atoms with Crippen molar-refractivity contribution in [2.45, 2.75) is 32.2 Å². The monoisotopic (exact) mass is 345 g/mol. The first-order chi connectivity index (χ1) is 11.3. The van der Waals surface area contributed by atoms with E-state index in [1.54, 1.807) is 22.7 Å². The third kappa shape index (κ3) is 3.39. The van der Waals surface area contributed by atoms with Gasteiger partial charge in [-0.05, 0) is 67.4 Å². The second kappa shape index (κ2) is 6.55. The van der Waals surface area contributed by atoms with E-state index in [0.717, 1.165) is 43.2 Å². The van der Waals surface area contributed by atoms with Crippen LogP contribution in [0.4, 0.5) is 0 Å². The summed E-state index contributed by atoms with van der Waals surface area (Å²) in [5.41, 5.74) is 1.42. The van der Waals surface area contributed by atoms with Crippen molar-refractivity contribution in [2.75, 3.05) is 13.1 Å². The molecule has 4 nitrogen and oxygen atoms in total. The van der Waals surface area contributed by atoms with E-state index in [-0.39, 0.29) is 0 Å². The molecule has 23 heavy (non-hydrogen) atoms. The number of hydrogen-bond acceptors (Lipinski definition) is 6. The number of thiophene rings is 2. The van der Waals surface area contributed by atoms with Crippen molar-refractivity contribution in [3.05, 3.63) is 45.3 Å². The quantitative estimate of drug-likeness (QED) is 0.696. The van der Waals surface area contributed by atoms with Crippen LogP contribution >= 0.6 is 22.7 Å². The molecule has 4 heterocycles. The smallest absolute Gasteiger partial charge is 0.257 e. The molecular formula is C17H19N3OS2. The van der Waals surface area contributed by atoms with Gasteiger partial charge in [-0.15, -0.1) is 21.5 Å². The van der Waals surface area contributed by atoms with E-state index in [1.165, 1.54) is 10.4 Å². The average molecular weight is 345 g/mol. The van der Waals surface area contributed by atoms with E-state index in [9.17, 15) is 0 Å². The van der Waals surface area contributed by atoms with E-state index in [2.05, 4.69) is 51.0 Å². The largest absolute Gasteiger partial charge is 0.420 e. The molecule has 6 heteroatoms. The van der Waals surface area contributed by atoms with Gasteiger partial charge in [-0.1, -0.05) is 0 Å². The van der Waals surface area contributed by atoms with Crippen molar-refractivity contribution >= 4 is 22.7 Å². The molecule has 1 saturated heterocycles. The predicted molar refractivity (Wildman–Crippen MR) is 93.9 cm³/mol. The van der Waals surface area contributed by atoms with Crippen LogP contribution in [0.1, 0.15) is 35.1 Å². The minimum atomic E-state index is 0.399. The highest BCUT2D eigenvalue weighted by atomic mass is 32.1. The van der Waals surface area contributed by atoms with Gasteiger partial charge < -0.3 is 4.42 Å². The Morgan fingerprint density at radius 3 is 2.78 bits per heavy atom. The van der Waals surface area contributed by atoms with Crippen molar-refractivity contribution < 1.29 is 4.42 Å². The molecule has 1 fully saturated rings. The molecule has 0 atom stereocenters. The summed E-state index contributed by atoms with van der Waals surface area (Å²) in [5, 5.41) is 12.9. The van der Waals surface area contributed by atoms with Crippen LogP contribution in [0.15, 0.2) is 33.4 Å². The number of nitrogens with zero attached hydrogens (tertiary/aromatic N) is 3. The second-order valence-electron chi connectivity index (χ2n) is 6.04. The Balaban J connectivity index is 1.38. The highest BCUT2D eigenvalue weighted by Gasteiger charge is 2.25. The molecule has 0 saturated carbocycles. The number of rotatable bonds is 4. The van der Waals surface area contributed by atoms with E-state index >= 15 is 0 Å². The highest BCUT2D eigenvalue weighted by Crippen LogP contribution is 2.32. The van der Waals surface area contributed by atoms with E-state index < -0.39 is 0 Å². The summed E-state index contributed by atoms with van der Waals surface area (Å²) < 4.78 is 5.93. The van der Waals surface area contributed by atoms with E-state index in [1.807, 2.05) is 0 Å². The Morgan fingerprint density at radius 1 is 1.22 bits per heavy atom. The maximum atomic E-state index is 5.93. The Bertz CT molecular complexity index is 755. The Hall–Kier alpha value is -1.50. The minimum Gasteiger partial charge on any atom is -0.420 e. The number of hydrogen-bond donors (Lipinski definition) is 0. The molecule has 0 bridgehead atoms. The summed E-state index contributed by atoms with van der Waals surface area (Å²) in [6.45, 7) is 5.33. The Labute approximate surface area is 143 Å². The van der Waals surface area contributed by atoms with E-state index in [4.69, 9.17) is 4.42 Å². The first-order valence-corrected chi connectivity index (χ1v) is 9.67. The van der Waals surface area contributed by atoms with E-state index in [0.29, 0.717) is 11.8 Å². The summed E-state index contributed by atoms with van der Waals surface area (Å²) in [4.78, 5) is 4.84. The first-order valence-electron chi connectivity index (χ1n) is 7.91. The zero-order chi connectivity index (χ0) is 15.6. The third-order valence-corrected chi connectivity index (χ3v) is 6.04. The lowest BCUT2D eigenvalue weighted by Gasteiger charge is -2.30. The van der Waals surface area contributed by atoms with Gasteiger partial charge in [0.2, 0.25) is 5.89 Å². The van der Waals surface area contributed by atoms with Gasteiger partial charge in [-0.2, -0.15) is 11.3 Å². The van der Waals surface area contributed by atoms with Crippen LogP contribution in [0.25, 0.3) is 10.8 Å². The molecule has 4 rings (SSSR count). The fourth-order valence-corrected chi connectivity index (χ4v) is 4.48. The van der Waals surface area contributed by atoms with Gasteiger partial charge in [0.1, 0.15) is 0 Å². The number of aryl methyl sites for hydroxylation is 1. The molecule has 1 aliphatic heterocycles. The molecule has 0 radical (unpaired) electrons. The molecule has 0 N–H and O–H groups in total. The standard InChI is InChI=1S/C17H19N3OS2/c1-12-2-3-15(23-12)17-19-18-16(21-17)14-4-7-20(8-5-14)10-13-6-9-22-11-13/h2-3,6,9,11,14H,4-5,7-8,10H2,1H3. The number of piperidine rings is 1. The lowest BCUT2D eigenvalue weighted by Crippen LogP contribution is -2.32. The number of aromatic nitrogens is 2. The summed E-state index contributed by atoms with van der Waals surface area (Å²) in [7, 11) is 0. The van der Waals surface area contributed by atoms with Gasteiger partial charge in [0.05, 0.1) is 4.88 Å². The zero-order valence-electron chi connectivity index (χ0n) is 13.1. The fourth-order valence-electron chi connectivity index (χ4n) is 3.03. The highest BCUT2D eigenvalue weighted by molar-refractivity contribution is 7.15. The molecule has 0 aromatic carbocycles. The molecule has 3 aromatic rings.